The highest BCUT2D eigenvalue weighted by atomic mass is 16.1. The van der Waals surface area contributed by atoms with Crippen molar-refractivity contribution in [3.63, 3.8) is 0 Å². The fourth-order valence-corrected chi connectivity index (χ4v) is 1.98. The minimum absolute atomic E-state index is 0.0925. The van der Waals surface area contributed by atoms with Crippen LogP contribution in [0, 0.1) is 5.92 Å². The highest BCUT2D eigenvalue weighted by molar-refractivity contribution is 5.78. The molecule has 1 amide bonds. The molecule has 0 atom stereocenters. The molecule has 0 aliphatic heterocycles. The summed E-state index contributed by atoms with van der Waals surface area (Å²) in [5.41, 5.74) is 3.66. The van der Waals surface area contributed by atoms with Gasteiger partial charge in [-0.15, -0.1) is 0 Å². The van der Waals surface area contributed by atoms with Gasteiger partial charge in [0.05, 0.1) is 0 Å². The van der Waals surface area contributed by atoms with Gasteiger partial charge in [-0.05, 0) is 37.3 Å². The van der Waals surface area contributed by atoms with Crippen molar-refractivity contribution in [3.8, 4) is 0 Å². The number of amides is 1. The topological polar surface area (TPSA) is 29.1 Å². The van der Waals surface area contributed by atoms with Gasteiger partial charge in [-0.2, -0.15) is 0 Å². The van der Waals surface area contributed by atoms with Gasteiger partial charge < -0.3 is 5.32 Å². The molecule has 0 spiro atoms. The summed E-state index contributed by atoms with van der Waals surface area (Å²) in [6, 6.07) is 8.34. The molecule has 0 aromatic heterocycles. The van der Waals surface area contributed by atoms with Crippen LogP contribution < -0.4 is 5.32 Å². The molecule has 2 nitrogen and oxygen atoms in total. The molecule has 1 N–H and O–H groups in total. The second-order valence-corrected chi connectivity index (χ2v) is 5.46. The average molecular weight is 259 g/mol. The standard InChI is InChI=1S/C17H25NO/c1-5-14(4)11-17(19)18-12-16-9-7-6-8-15(16)10-13(2)3/h5-9,13H,10-12H2,1-4H3,(H,18,19). The highest BCUT2D eigenvalue weighted by Gasteiger charge is 2.06. The Kier molecular flexibility index (Phi) is 6.34. The number of allylic oxidation sites excluding steroid dienone is 1. The number of benzene rings is 1. The molecule has 0 saturated carbocycles. The van der Waals surface area contributed by atoms with Crippen LogP contribution in [0.1, 0.15) is 45.2 Å². The number of hydrogen-bond acceptors (Lipinski definition) is 1. The van der Waals surface area contributed by atoms with Gasteiger partial charge in [-0.1, -0.05) is 49.8 Å². The summed E-state index contributed by atoms with van der Waals surface area (Å²) in [6.45, 7) is 8.99. The Morgan fingerprint density at radius 2 is 1.89 bits per heavy atom. The van der Waals surface area contributed by atoms with Crippen molar-refractivity contribution < 1.29 is 4.79 Å². The lowest BCUT2D eigenvalue weighted by Crippen LogP contribution is -2.23. The number of carbonyl (C=O) groups excluding carboxylic acids is 1. The maximum Gasteiger partial charge on any atom is 0.224 e. The van der Waals surface area contributed by atoms with Gasteiger partial charge in [0.15, 0.2) is 0 Å². The fraction of sp³-hybridized carbons (Fsp3) is 0.471. The van der Waals surface area contributed by atoms with Gasteiger partial charge in [-0.3, -0.25) is 4.79 Å². The summed E-state index contributed by atoms with van der Waals surface area (Å²) >= 11 is 0. The third kappa shape index (κ3) is 5.73. The van der Waals surface area contributed by atoms with E-state index in [1.807, 2.05) is 26.0 Å². The van der Waals surface area contributed by atoms with E-state index in [-0.39, 0.29) is 5.91 Å². The quantitative estimate of drug-likeness (QED) is 0.772. The van der Waals surface area contributed by atoms with Crippen molar-refractivity contribution in [1.82, 2.24) is 5.32 Å². The number of carbonyl (C=O) groups is 1. The van der Waals surface area contributed by atoms with Gasteiger partial charge in [0.1, 0.15) is 0 Å². The summed E-state index contributed by atoms with van der Waals surface area (Å²) in [7, 11) is 0. The molecule has 2 heteroatoms. The van der Waals surface area contributed by atoms with E-state index >= 15 is 0 Å². The monoisotopic (exact) mass is 259 g/mol. The minimum Gasteiger partial charge on any atom is -0.352 e. The Balaban J connectivity index is 2.60. The van der Waals surface area contributed by atoms with Crippen molar-refractivity contribution in [2.24, 2.45) is 5.92 Å². The first kappa shape index (κ1) is 15.5. The van der Waals surface area contributed by atoms with Crippen LogP contribution in [0.4, 0.5) is 0 Å². The van der Waals surface area contributed by atoms with Crippen LogP contribution in [-0.4, -0.2) is 5.91 Å². The van der Waals surface area contributed by atoms with E-state index < -0.39 is 0 Å². The van der Waals surface area contributed by atoms with Crippen LogP contribution in [0.25, 0.3) is 0 Å². The van der Waals surface area contributed by atoms with Crippen molar-refractivity contribution in [3.05, 3.63) is 47.0 Å². The molecule has 19 heavy (non-hydrogen) atoms. The number of rotatable bonds is 6. The van der Waals surface area contributed by atoms with Gasteiger partial charge in [-0.25, -0.2) is 0 Å². The third-order valence-electron chi connectivity index (χ3n) is 3.15. The smallest absolute Gasteiger partial charge is 0.224 e. The minimum atomic E-state index is 0.0925. The van der Waals surface area contributed by atoms with E-state index in [9.17, 15) is 4.79 Å². The Labute approximate surface area is 116 Å². The largest absolute Gasteiger partial charge is 0.352 e. The average Bonchev–Trinajstić information content (AvgIpc) is 2.37. The maximum atomic E-state index is 11.8. The van der Waals surface area contributed by atoms with Crippen molar-refractivity contribution in [1.29, 1.82) is 0 Å². The zero-order valence-electron chi connectivity index (χ0n) is 12.5. The molecule has 0 bridgehead atoms. The van der Waals surface area contributed by atoms with Crippen LogP contribution in [0.2, 0.25) is 0 Å². The lowest BCUT2D eigenvalue weighted by molar-refractivity contribution is -0.120. The van der Waals surface area contributed by atoms with Crippen LogP contribution in [0.3, 0.4) is 0 Å². The summed E-state index contributed by atoms with van der Waals surface area (Å²) < 4.78 is 0. The first-order chi connectivity index (χ1) is 9.02. The van der Waals surface area contributed by atoms with Gasteiger partial charge >= 0.3 is 0 Å². The molecule has 0 unspecified atom stereocenters. The molecule has 0 fully saturated rings. The predicted octanol–water partition coefficient (Wildman–Crippen LogP) is 3.86. The van der Waals surface area contributed by atoms with E-state index in [0.29, 0.717) is 18.9 Å². The van der Waals surface area contributed by atoms with Gasteiger partial charge in [0.25, 0.3) is 0 Å². The molecule has 0 heterocycles. The molecule has 104 valence electrons. The molecule has 1 aromatic carbocycles. The zero-order valence-corrected chi connectivity index (χ0v) is 12.5. The highest BCUT2D eigenvalue weighted by Crippen LogP contribution is 2.13. The third-order valence-corrected chi connectivity index (χ3v) is 3.15. The fourth-order valence-electron chi connectivity index (χ4n) is 1.98. The van der Waals surface area contributed by atoms with Gasteiger partial charge in [0.2, 0.25) is 5.91 Å². The van der Waals surface area contributed by atoms with Crippen molar-refractivity contribution in [2.75, 3.05) is 0 Å². The molecule has 1 rings (SSSR count). The van der Waals surface area contributed by atoms with E-state index in [2.05, 4.69) is 37.4 Å². The summed E-state index contributed by atoms with van der Waals surface area (Å²) in [4.78, 5) is 11.8. The summed E-state index contributed by atoms with van der Waals surface area (Å²) in [5, 5.41) is 3.00. The molecular formula is C17H25NO. The normalized spacial score (nSPS) is 11.7. The van der Waals surface area contributed by atoms with E-state index in [0.717, 1.165) is 12.0 Å². The Hall–Kier alpha value is -1.57. The SMILES string of the molecule is CC=C(C)CC(=O)NCc1ccccc1CC(C)C. The Morgan fingerprint density at radius 1 is 1.26 bits per heavy atom. The molecule has 0 saturated heterocycles. The van der Waals surface area contributed by atoms with Crippen LogP contribution in [0.15, 0.2) is 35.9 Å². The predicted molar refractivity (Wildman–Crippen MR) is 80.9 cm³/mol. The molecular weight excluding hydrogens is 234 g/mol. The van der Waals surface area contributed by atoms with E-state index in [4.69, 9.17) is 0 Å². The van der Waals surface area contributed by atoms with Crippen molar-refractivity contribution >= 4 is 5.91 Å². The number of nitrogens with one attached hydrogen (secondary N) is 1. The first-order valence-electron chi connectivity index (χ1n) is 6.98. The molecule has 0 aliphatic rings. The van der Waals surface area contributed by atoms with E-state index in [1.54, 1.807) is 0 Å². The Bertz CT molecular complexity index is 446. The van der Waals surface area contributed by atoms with Crippen LogP contribution in [0.5, 0.6) is 0 Å². The second-order valence-electron chi connectivity index (χ2n) is 5.46. The molecule has 0 aliphatic carbocycles. The second kappa shape index (κ2) is 7.78. The summed E-state index contributed by atoms with van der Waals surface area (Å²) in [6.07, 6.45) is 3.52. The van der Waals surface area contributed by atoms with Gasteiger partial charge in [0, 0.05) is 13.0 Å². The van der Waals surface area contributed by atoms with Crippen LogP contribution >= 0.6 is 0 Å². The van der Waals surface area contributed by atoms with Crippen molar-refractivity contribution in [2.45, 2.75) is 47.1 Å². The summed E-state index contributed by atoms with van der Waals surface area (Å²) in [5.74, 6) is 0.720. The molecule has 0 radical (unpaired) electrons. The number of hydrogen-bond donors (Lipinski definition) is 1. The first-order valence-corrected chi connectivity index (χ1v) is 6.98. The zero-order chi connectivity index (χ0) is 14.3. The maximum absolute atomic E-state index is 11.8. The lowest BCUT2D eigenvalue weighted by atomic mass is 9.98. The molecule has 1 aromatic rings. The Morgan fingerprint density at radius 3 is 2.47 bits per heavy atom. The van der Waals surface area contributed by atoms with Crippen LogP contribution in [-0.2, 0) is 17.8 Å². The van der Waals surface area contributed by atoms with E-state index in [1.165, 1.54) is 11.1 Å². The lowest BCUT2D eigenvalue weighted by Gasteiger charge is -2.12.